The third-order valence-corrected chi connectivity index (χ3v) is 4.76. The Morgan fingerprint density at radius 3 is 2.56 bits per heavy atom. The summed E-state index contributed by atoms with van der Waals surface area (Å²) in [5.74, 6) is -0.379. The molecule has 0 saturated heterocycles. The first-order chi connectivity index (χ1) is 13.0. The van der Waals surface area contributed by atoms with Gasteiger partial charge in [-0.3, -0.25) is 9.59 Å². The molecule has 138 valence electrons. The van der Waals surface area contributed by atoms with Crippen molar-refractivity contribution in [3.8, 4) is 0 Å². The second-order valence-corrected chi connectivity index (χ2v) is 6.75. The van der Waals surface area contributed by atoms with E-state index in [0.717, 1.165) is 34.4 Å². The van der Waals surface area contributed by atoms with E-state index in [4.69, 9.17) is 0 Å². The summed E-state index contributed by atoms with van der Waals surface area (Å²) < 4.78 is 1.59. The van der Waals surface area contributed by atoms with E-state index >= 15 is 0 Å². The Morgan fingerprint density at radius 1 is 1.00 bits per heavy atom. The maximum absolute atomic E-state index is 12.9. The predicted octanol–water partition coefficient (Wildman–Crippen LogP) is 4.33. The van der Waals surface area contributed by atoms with E-state index in [2.05, 4.69) is 17.4 Å². The van der Waals surface area contributed by atoms with Gasteiger partial charge in [-0.1, -0.05) is 48.9 Å². The number of benzene rings is 2. The van der Waals surface area contributed by atoms with Crippen LogP contribution in [0, 0.1) is 13.8 Å². The highest BCUT2D eigenvalue weighted by atomic mass is 16.2. The molecule has 0 radical (unpaired) electrons. The van der Waals surface area contributed by atoms with Gasteiger partial charge in [0.15, 0.2) is 0 Å². The van der Waals surface area contributed by atoms with E-state index in [1.807, 2.05) is 51.1 Å². The van der Waals surface area contributed by atoms with Crippen molar-refractivity contribution in [2.24, 2.45) is 0 Å². The number of pyridine rings is 1. The first-order valence-electron chi connectivity index (χ1n) is 9.14. The zero-order chi connectivity index (χ0) is 19.4. The Morgan fingerprint density at radius 2 is 1.78 bits per heavy atom. The van der Waals surface area contributed by atoms with Crippen molar-refractivity contribution < 1.29 is 4.79 Å². The number of nitrogens with zero attached hydrogens (tertiary/aromatic N) is 1. The van der Waals surface area contributed by atoms with E-state index in [9.17, 15) is 9.59 Å². The highest BCUT2D eigenvalue weighted by Gasteiger charge is 2.14. The zero-order valence-corrected chi connectivity index (χ0v) is 16.0. The Balaban J connectivity index is 1.89. The number of aromatic nitrogens is 1. The number of nitrogens with one attached hydrogen (secondary N) is 1. The molecule has 0 aliphatic heterocycles. The van der Waals surface area contributed by atoms with Crippen molar-refractivity contribution in [3.05, 3.63) is 99.0 Å². The number of aryl methyl sites for hydroxylation is 3. The van der Waals surface area contributed by atoms with Gasteiger partial charge < -0.3 is 9.88 Å². The molecule has 1 aromatic heterocycles. The molecule has 0 aliphatic carbocycles. The molecule has 1 N–H and O–H groups in total. The molecule has 0 saturated carbocycles. The average molecular weight is 360 g/mol. The predicted molar refractivity (Wildman–Crippen MR) is 109 cm³/mol. The van der Waals surface area contributed by atoms with Crippen molar-refractivity contribution >= 4 is 11.6 Å². The molecule has 3 aromatic rings. The second-order valence-electron chi connectivity index (χ2n) is 6.75. The molecule has 0 spiro atoms. The highest BCUT2D eigenvalue weighted by molar-refractivity contribution is 6.04. The van der Waals surface area contributed by atoms with Gasteiger partial charge in [-0.05, 0) is 55.2 Å². The SMILES string of the molecule is CCc1ccccc1NC(=O)c1cccn(Cc2cc(C)ccc2C)c1=O. The van der Waals surface area contributed by atoms with Crippen molar-refractivity contribution in [1.82, 2.24) is 4.57 Å². The van der Waals surface area contributed by atoms with E-state index in [0.29, 0.717) is 6.54 Å². The van der Waals surface area contributed by atoms with Crippen LogP contribution in [0.25, 0.3) is 0 Å². The van der Waals surface area contributed by atoms with E-state index in [-0.39, 0.29) is 17.0 Å². The molecule has 0 aliphatic rings. The van der Waals surface area contributed by atoms with Gasteiger partial charge in [0.05, 0.1) is 6.54 Å². The third kappa shape index (κ3) is 4.17. The van der Waals surface area contributed by atoms with Crippen LogP contribution in [-0.4, -0.2) is 10.5 Å². The first kappa shape index (κ1) is 18.6. The molecule has 3 rings (SSSR count). The Hall–Kier alpha value is -3.14. The van der Waals surface area contributed by atoms with Gasteiger partial charge >= 0.3 is 0 Å². The number of hydrogen-bond acceptors (Lipinski definition) is 2. The van der Waals surface area contributed by atoms with E-state index < -0.39 is 0 Å². The van der Waals surface area contributed by atoms with Crippen LogP contribution in [0.15, 0.2) is 65.6 Å². The Bertz CT molecular complexity index is 1030. The fraction of sp³-hybridized carbons (Fsp3) is 0.217. The van der Waals surface area contributed by atoms with Gasteiger partial charge in [-0.15, -0.1) is 0 Å². The smallest absolute Gasteiger partial charge is 0.263 e. The molecular formula is C23H24N2O2. The minimum absolute atomic E-state index is 0.147. The summed E-state index contributed by atoms with van der Waals surface area (Å²) in [6, 6.07) is 17.1. The Kier molecular flexibility index (Phi) is 5.55. The number of carbonyl (C=O) groups excluding carboxylic acids is 1. The molecule has 1 amide bonds. The molecule has 2 aromatic carbocycles. The summed E-state index contributed by atoms with van der Waals surface area (Å²) in [5, 5.41) is 2.88. The molecular weight excluding hydrogens is 336 g/mol. The topological polar surface area (TPSA) is 51.1 Å². The first-order valence-corrected chi connectivity index (χ1v) is 9.14. The number of rotatable bonds is 5. The average Bonchev–Trinajstić information content (AvgIpc) is 2.66. The lowest BCUT2D eigenvalue weighted by Gasteiger charge is -2.12. The minimum Gasteiger partial charge on any atom is -0.322 e. The van der Waals surface area contributed by atoms with Gasteiger partial charge in [-0.25, -0.2) is 0 Å². The van der Waals surface area contributed by atoms with E-state index in [1.165, 1.54) is 0 Å². The van der Waals surface area contributed by atoms with Gasteiger partial charge in [0.1, 0.15) is 5.56 Å². The van der Waals surface area contributed by atoms with Crippen molar-refractivity contribution in [3.63, 3.8) is 0 Å². The third-order valence-electron chi connectivity index (χ3n) is 4.76. The van der Waals surface area contributed by atoms with Crippen LogP contribution >= 0.6 is 0 Å². The lowest BCUT2D eigenvalue weighted by Crippen LogP contribution is -2.29. The summed E-state index contributed by atoms with van der Waals surface area (Å²) in [4.78, 5) is 25.6. The van der Waals surface area contributed by atoms with Crippen LogP contribution in [0.4, 0.5) is 5.69 Å². The number of amides is 1. The van der Waals surface area contributed by atoms with Crippen molar-refractivity contribution in [2.45, 2.75) is 33.7 Å². The minimum atomic E-state index is -0.379. The van der Waals surface area contributed by atoms with Crippen LogP contribution in [0.2, 0.25) is 0 Å². The monoisotopic (exact) mass is 360 g/mol. The summed E-state index contributed by atoms with van der Waals surface area (Å²) >= 11 is 0. The normalized spacial score (nSPS) is 10.6. The molecule has 27 heavy (non-hydrogen) atoms. The summed E-state index contributed by atoms with van der Waals surface area (Å²) in [6.07, 6.45) is 2.53. The van der Waals surface area contributed by atoms with Crippen LogP contribution in [0.3, 0.4) is 0 Å². The molecule has 0 unspecified atom stereocenters. The van der Waals surface area contributed by atoms with Gasteiger partial charge in [-0.2, -0.15) is 0 Å². The zero-order valence-electron chi connectivity index (χ0n) is 16.0. The van der Waals surface area contributed by atoms with E-state index in [1.54, 1.807) is 22.9 Å². The fourth-order valence-corrected chi connectivity index (χ4v) is 3.13. The number of carbonyl (C=O) groups is 1. The summed E-state index contributed by atoms with van der Waals surface area (Å²) in [6.45, 7) is 6.53. The van der Waals surface area contributed by atoms with Crippen molar-refractivity contribution in [2.75, 3.05) is 5.32 Å². The molecule has 0 bridgehead atoms. The number of para-hydroxylation sites is 1. The number of anilines is 1. The van der Waals surface area contributed by atoms with Gasteiger partial charge in [0.25, 0.3) is 11.5 Å². The number of hydrogen-bond donors (Lipinski definition) is 1. The summed E-state index contributed by atoms with van der Waals surface area (Å²) in [7, 11) is 0. The van der Waals surface area contributed by atoms with Crippen LogP contribution in [0.5, 0.6) is 0 Å². The Labute approximate surface area is 159 Å². The highest BCUT2D eigenvalue weighted by Crippen LogP contribution is 2.16. The fourth-order valence-electron chi connectivity index (χ4n) is 3.13. The quantitative estimate of drug-likeness (QED) is 0.736. The molecule has 4 nitrogen and oxygen atoms in total. The maximum atomic E-state index is 12.9. The molecule has 1 heterocycles. The molecule has 0 fully saturated rings. The summed E-state index contributed by atoms with van der Waals surface area (Å²) in [5.41, 5.74) is 4.99. The van der Waals surface area contributed by atoms with Crippen LogP contribution in [-0.2, 0) is 13.0 Å². The molecule has 4 heteroatoms. The standard InChI is InChI=1S/C23H24N2O2/c1-4-18-8-5-6-10-21(18)24-22(26)20-9-7-13-25(23(20)27)15-19-14-16(2)11-12-17(19)3/h5-14H,4,15H2,1-3H3,(H,24,26). The van der Waals surface area contributed by atoms with Crippen molar-refractivity contribution in [1.29, 1.82) is 0 Å². The largest absolute Gasteiger partial charge is 0.322 e. The van der Waals surface area contributed by atoms with Gasteiger partial charge in [0, 0.05) is 11.9 Å². The van der Waals surface area contributed by atoms with Crippen LogP contribution < -0.4 is 10.9 Å². The maximum Gasteiger partial charge on any atom is 0.263 e. The second kappa shape index (κ2) is 8.04. The lowest BCUT2D eigenvalue weighted by molar-refractivity contribution is 0.102. The lowest BCUT2D eigenvalue weighted by atomic mass is 10.1. The molecule has 0 atom stereocenters. The van der Waals surface area contributed by atoms with Crippen LogP contribution in [0.1, 0.15) is 39.5 Å². The van der Waals surface area contributed by atoms with Gasteiger partial charge in [0.2, 0.25) is 0 Å².